The van der Waals surface area contributed by atoms with Gasteiger partial charge in [-0.3, -0.25) is 18.6 Å². The van der Waals surface area contributed by atoms with Gasteiger partial charge in [-0.15, -0.1) is 0 Å². The standard InChI is InChI=1S/C52H88NO8P/c1-6-8-10-12-14-16-18-20-22-24-25-26-27-29-30-32-34-36-38-40-42-44-51(54)58-48-50(49-60-62(56,57)59-47-46-53(3,4)5)61-52(55)45-43-41-39-37-35-33-31-28-23-21-19-17-15-13-11-9-7-2/h9,11,15,17-18,20-21,23-25,27,29,31,33,37,39,50H,6-8,10,12-14,16,19,22,26,28,30,32,34-36,38,40-49H2,1-5H3/p+1/b11-9-,17-15-,20-18-,23-21-,25-24-,29-27-,33-31-,39-37-. The van der Waals surface area contributed by atoms with Crippen molar-refractivity contribution in [1.29, 1.82) is 0 Å². The van der Waals surface area contributed by atoms with Crippen LogP contribution >= 0.6 is 7.82 Å². The lowest BCUT2D eigenvalue weighted by Crippen LogP contribution is -2.37. The first-order valence-electron chi connectivity index (χ1n) is 24.0. The van der Waals surface area contributed by atoms with E-state index in [1.165, 1.54) is 38.5 Å². The van der Waals surface area contributed by atoms with Crippen molar-refractivity contribution < 1.29 is 42.1 Å². The summed E-state index contributed by atoms with van der Waals surface area (Å²) in [6.45, 7) is 4.20. The minimum atomic E-state index is -4.40. The number of phosphoric acid groups is 1. The number of phosphoric ester groups is 1. The van der Waals surface area contributed by atoms with E-state index in [1.807, 2.05) is 27.2 Å². The van der Waals surface area contributed by atoms with E-state index in [0.29, 0.717) is 30.3 Å². The zero-order valence-electron chi connectivity index (χ0n) is 39.8. The van der Waals surface area contributed by atoms with E-state index >= 15 is 0 Å². The van der Waals surface area contributed by atoms with Crippen molar-refractivity contribution in [3.8, 4) is 0 Å². The summed E-state index contributed by atoms with van der Waals surface area (Å²) in [5, 5.41) is 0. The van der Waals surface area contributed by atoms with Gasteiger partial charge in [0.1, 0.15) is 19.8 Å². The highest BCUT2D eigenvalue weighted by Gasteiger charge is 2.27. The molecule has 10 heteroatoms. The molecule has 0 aliphatic carbocycles. The molecule has 2 atom stereocenters. The Kier molecular flexibility index (Phi) is 41.1. The van der Waals surface area contributed by atoms with Gasteiger partial charge in [0.2, 0.25) is 0 Å². The molecule has 0 bridgehead atoms. The maximum atomic E-state index is 12.7. The van der Waals surface area contributed by atoms with Crippen LogP contribution in [0.1, 0.15) is 168 Å². The van der Waals surface area contributed by atoms with Crippen LogP contribution in [0.3, 0.4) is 0 Å². The van der Waals surface area contributed by atoms with Gasteiger partial charge in [-0.1, -0.05) is 162 Å². The number of carbonyl (C=O) groups is 2. The van der Waals surface area contributed by atoms with Crippen molar-refractivity contribution in [1.82, 2.24) is 0 Å². The quantitative estimate of drug-likeness (QED) is 0.0212. The predicted octanol–water partition coefficient (Wildman–Crippen LogP) is 14.1. The average molecular weight is 887 g/mol. The topological polar surface area (TPSA) is 108 Å². The van der Waals surface area contributed by atoms with Gasteiger partial charge < -0.3 is 18.9 Å². The number of allylic oxidation sites excluding steroid dienone is 16. The third-order valence-corrected chi connectivity index (χ3v) is 10.6. The monoisotopic (exact) mass is 887 g/mol. The SMILES string of the molecule is CC/C=C\C/C=C\C/C=C\C/C=C\C/C=C\CCCC(=O)OC(COC(=O)CCCCCCCC/C=C\C/C=C\C/C=C\CCCCCCC)COP(=O)(O)OCC[N+](C)(C)C. The van der Waals surface area contributed by atoms with Gasteiger partial charge in [0.05, 0.1) is 27.7 Å². The number of nitrogens with zero attached hydrogens (tertiary/aromatic N) is 1. The molecule has 0 aromatic carbocycles. The third-order valence-electron chi connectivity index (χ3n) is 9.60. The fourth-order valence-electron chi connectivity index (χ4n) is 5.88. The van der Waals surface area contributed by atoms with Gasteiger partial charge in [-0.25, -0.2) is 4.57 Å². The van der Waals surface area contributed by atoms with Crippen LogP contribution in [0, 0.1) is 0 Å². The van der Waals surface area contributed by atoms with Crippen LogP contribution in [0.25, 0.3) is 0 Å². The van der Waals surface area contributed by atoms with E-state index in [9.17, 15) is 19.0 Å². The zero-order chi connectivity index (χ0) is 45.7. The molecular formula is C52H89NO8P+. The number of hydrogen-bond acceptors (Lipinski definition) is 7. The van der Waals surface area contributed by atoms with Gasteiger partial charge in [-0.2, -0.15) is 0 Å². The van der Waals surface area contributed by atoms with Crippen LogP contribution in [0.2, 0.25) is 0 Å². The van der Waals surface area contributed by atoms with Gasteiger partial charge in [0.15, 0.2) is 6.10 Å². The first-order valence-corrected chi connectivity index (χ1v) is 25.5. The van der Waals surface area contributed by atoms with E-state index in [-0.39, 0.29) is 26.1 Å². The smallest absolute Gasteiger partial charge is 0.462 e. The first-order chi connectivity index (χ1) is 30.0. The maximum Gasteiger partial charge on any atom is 0.472 e. The van der Waals surface area contributed by atoms with Crippen molar-refractivity contribution in [2.45, 2.75) is 174 Å². The normalized spacial score (nSPS) is 14.4. The summed E-state index contributed by atoms with van der Waals surface area (Å²) >= 11 is 0. The lowest BCUT2D eigenvalue weighted by molar-refractivity contribution is -0.870. The highest BCUT2D eigenvalue weighted by atomic mass is 31.2. The van der Waals surface area contributed by atoms with Crippen molar-refractivity contribution >= 4 is 19.8 Å². The highest BCUT2D eigenvalue weighted by molar-refractivity contribution is 7.47. The van der Waals surface area contributed by atoms with E-state index in [1.54, 1.807) is 0 Å². The lowest BCUT2D eigenvalue weighted by Gasteiger charge is -2.24. The maximum absolute atomic E-state index is 12.7. The van der Waals surface area contributed by atoms with E-state index in [4.69, 9.17) is 18.5 Å². The molecule has 354 valence electrons. The fourth-order valence-corrected chi connectivity index (χ4v) is 6.62. The van der Waals surface area contributed by atoms with Crippen LogP contribution in [0.4, 0.5) is 0 Å². The number of rotatable bonds is 42. The van der Waals surface area contributed by atoms with Crippen LogP contribution in [0.5, 0.6) is 0 Å². The zero-order valence-corrected chi connectivity index (χ0v) is 40.7. The lowest BCUT2D eigenvalue weighted by atomic mass is 10.1. The number of esters is 2. The molecule has 0 aromatic rings. The summed E-state index contributed by atoms with van der Waals surface area (Å²) in [5.74, 6) is -0.890. The second kappa shape index (κ2) is 43.2. The van der Waals surface area contributed by atoms with Crippen molar-refractivity contribution in [2.75, 3.05) is 47.5 Å². The van der Waals surface area contributed by atoms with Crippen molar-refractivity contribution in [2.24, 2.45) is 0 Å². The fraction of sp³-hybridized carbons (Fsp3) is 0.654. The van der Waals surface area contributed by atoms with E-state index in [0.717, 1.165) is 83.5 Å². The van der Waals surface area contributed by atoms with Gasteiger partial charge in [0.25, 0.3) is 0 Å². The molecule has 9 nitrogen and oxygen atoms in total. The molecule has 0 aromatic heterocycles. The summed E-state index contributed by atoms with van der Waals surface area (Å²) < 4.78 is 34.3. The molecule has 0 heterocycles. The molecule has 0 rings (SSSR count). The largest absolute Gasteiger partial charge is 0.472 e. The number of unbranched alkanes of at least 4 members (excludes halogenated alkanes) is 12. The minimum absolute atomic E-state index is 0.0131. The highest BCUT2D eigenvalue weighted by Crippen LogP contribution is 2.43. The molecule has 0 aliphatic rings. The van der Waals surface area contributed by atoms with E-state index < -0.39 is 32.5 Å². The Hall–Kier alpha value is -3.07. The number of hydrogen-bond donors (Lipinski definition) is 1. The Morgan fingerprint density at radius 1 is 0.516 bits per heavy atom. The molecule has 1 N–H and O–H groups in total. The molecule has 0 aliphatic heterocycles. The van der Waals surface area contributed by atoms with Crippen molar-refractivity contribution in [3.63, 3.8) is 0 Å². The van der Waals surface area contributed by atoms with Crippen LogP contribution in [-0.2, 0) is 32.7 Å². The summed E-state index contributed by atoms with van der Waals surface area (Å²) in [4.78, 5) is 35.4. The Morgan fingerprint density at radius 2 is 0.935 bits per heavy atom. The Bertz CT molecular complexity index is 1370. The number of carbonyl (C=O) groups excluding carboxylic acids is 2. The molecule has 0 amide bonds. The molecular weight excluding hydrogens is 798 g/mol. The van der Waals surface area contributed by atoms with Gasteiger partial charge >= 0.3 is 19.8 Å². The van der Waals surface area contributed by atoms with Crippen LogP contribution in [-0.4, -0.2) is 74.9 Å². The molecule has 0 saturated heterocycles. The first kappa shape index (κ1) is 58.9. The Morgan fingerprint density at radius 3 is 1.42 bits per heavy atom. The second-order valence-corrected chi connectivity index (χ2v) is 18.2. The summed E-state index contributed by atoms with van der Waals surface area (Å²) in [6.07, 6.45) is 57.5. The summed E-state index contributed by atoms with van der Waals surface area (Å²) in [7, 11) is 1.42. The molecule has 62 heavy (non-hydrogen) atoms. The minimum Gasteiger partial charge on any atom is -0.462 e. The number of likely N-dealkylation sites (N-methyl/N-ethyl adjacent to an activating group) is 1. The molecule has 2 unspecified atom stereocenters. The van der Waals surface area contributed by atoms with Crippen LogP contribution in [0.15, 0.2) is 97.2 Å². The summed E-state index contributed by atoms with van der Waals surface area (Å²) in [5.41, 5.74) is 0. The van der Waals surface area contributed by atoms with Crippen molar-refractivity contribution in [3.05, 3.63) is 97.2 Å². The second-order valence-electron chi connectivity index (χ2n) is 16.8. The molecule has 0 spiro atoms. The average Bonchev–Trinajstić information content (AvgIpc) is 3.23. The molecule has 0 saturated carbocycles. The van der Waals surface area contributed by atoms with Crippen LogP contribution < -0.4 is 0 Å². The van der Waals surface area contributed by atoms with Gasteiger partial charge in [0, 0.05) is 12.8 Å². The van der Waals surface area contributed by atoms with Gasteiger partial charge in [-0.05, 0) is 89.9 Å². The Balaban J connectivity index is 4.43. The van der Waals surface area contributed by atoms with E-state index in [2.05, 4.69) is 105 Å². The third kappa shape index (κ3) is 46.4. The predicted molar refractivity (Wildman–Crippen MR) is 261 cm³/mol. The molecule has 0 fully saturated rings. The molecule has 0 radical (unpaired) electrons. The number of ether oxygens (including phenoxy) is 2. The summed E-state index contributed by atoms with van der Waals surface area (Å²) in [6, 6.07) is 0. The Labute approximate surface area is 379 Å². The number of quaternary nitrogens is 1.